The van der Waals surface area contributed by atoms with Gasteiger partial charge in [0.2, 0.25) is 5.91 Å². The van der Waals surface area contributed by atoms with Crippen molar-refractivity contribution >= 4 is 23.2 Å². The van der Waals surface area contributed by atoms with Gasteiger partial charge in [0, 0.05) is 25.1 Å². The van der Waals surface area contributed by atoms with E-state index < -0.39 is 10.8 Å². The molecule has 21 heavy (non-hydrogen) atoms. The fraction of sp³-hybridized carbons (Fsp3) is 0.333. The lowest BCUT2D eigenvalue weighted by atomic mass is 10.1. The Morgan fingerprint density at radius 1 is 1.52 bits per heavy atom. The molecule has 0 spiro atoms. The number of nitrogens with two attached hydrogens (primary N) is 1. The number of nitrogen functional groups attached to an aromatic ring is 1. The second-order valence-corrected chi connectivity index (χ2v) is 4.61. The molecule has 0 aromatic heterocycles. The fourth-order valence-corrected chi connectivity index (χ4v) is 2.17. The summed E-state index contributed by atoms with van der Waals surface area (Å²) in [6.07, 6.45) is 1.09. The molecular weight excluding hydrogens is 278 g/mol. The quantitative estimate of drug-likeness (QED) is 0.339. The monoisotopic (exact) mass is 293 g/mol. The van der Waals surface area contributed by atoms with E-state index in [0.717, 1.165) is 0 Å². The van der Waals surface area contributed by atoms with Gasteiger partial charge < -0.3 is 16.1 Å². The largest absolute Gasteiger partial charge is 0.352 e. The Bertz CT molecular complexity index is 589. The van der Waals surface area contributed by atoms with Crippen molar-refractivity contribution in [3.05, 3.63) is 33.9 Å². The molecule has 1 heterocycles. The summed E-state index contributed by atoms with van der Waals surface area (Å²) in [5, 5.41) is 16.2. The highest BCUT2D eigenvalue weighted by atomic mass is 16.6. The summed E-state index contributed by atoms with van der Waals surface area (Å²) >= 11 is 0. The average molecular weight is 293 g/mol. The van der Waals surface area contributed by atoms with Crippen molar-refractivity contribution in [2.24, 2.45) is 5.84 Å². The smallest absolute Gasteiger partial charge is 0.294 e. The predicted molar refractivity (Wildman–Crippen MR) is 74.4 cm³/mol. The number of benzene rings is 1. The summed E-state index contributed by atoms with van der Waals surface area (Å²) in [6, 6.07) is 3.98. The molecular formula is C12H15N5O4. The molecule has 2 rings (SSSR count). The van der Waals surface area contributed by atoms with Crippen molar-refractivity contribution in [3.8, 4) is 0 Å². The molecule has 1 aromatic carbocycles. The van der Waals surface area contributed by atoms with E-state index >= 15 is 0 Å². The van der Waals surface area contributed by atoms with Gasteiger partial charge in [-0.15, -0.1) is 0 Å². The number of hydrogen-bond acceptors (Lipinski definition) is 6. The third-order valence-electron chi connectivity index (χ3n) is 3.22. The molecule has 2 amide bonds. The van der Waals surface area contributed by atoms with Gasteiger partial charge in [-0.1, -0.05) is 6.07 Å². The van der Waals surface area contributed by atoms with Crippen LogP contribution in [0.1, 0.15) is 23.2 Å². The minimum Gasteiger partial charge on any atom is -0.352 e. The minimum atomic E-state index is -0.622. The lowest BCUT2D eigenvalue weighted by Crippen LogP contribution is -2.38. The molecule has 112 valence electrons. The van der Waals surface area contributed by atoms with E-state index in [0.29, 0.717) is 12.8 Å². The van der Waals surface area contributed by atoms with E-state index in [1.54, 1.807) is 0 Å². The summed E-state index contributed by atoms with van der Waals surface area (Å²) < 4.78 is 0. The number of nitro groups is 1. The molecule has 1 aliphatic rings. The van der Waals surface area contributed by atoms with E-state index in [1.807, 2.05) is 0 Å². The van der Waals surface area contributed by atoms with Crippen molar-refractivity contribution in [1.29, 1.82) is 0 Å². The summed E-state index contributed by atoms with van der Waals surface area (Å²) in [5.41, 5.74) is 1.94. The molecule has 9 heteroatoms. The maximum absolute atomic E-state index is 12.1. The average Bonchev–Trinajstić information content (AvgIpc) is 2.89. The van der Waals surface area contributed by atoms with Gasteiger partial charge in [-0.25, -0.2) is 0 Å². The molecule has 9 nitrogen and oxygen atoms in total. The molecule has 1 aliphatic heterocycles. The SMILES string of the molecule is NNc1c(C(=O)NCC2CCC(=O)N2)cccc1[N+](=O)[O-]. The number of hydrazine groups is 1. The van der Waals surface area contributed by atoms with E-state index in [1.165, 1.54) is 18.2 Å². The summed E-state index contributed by atoms with van der Waals surface area (Å²) in [4.78, 5) is 33.4. The molecule has 0 aliphatic carbocycles. The topological polar surface area (TPSA) is 139 Å². The fourth-order valence-electron chi connectivity index (χ4n) is 2.17. The number of anilines is 1. The molecule has 0 bridgehead atoms. The lowest BCUT2D eigenvalue weighted by Gasteiger charge is -2.13. The van der Waals surface area contributed by atoms with Crippen molar-refractivity contribution < 1.29 is 14.5 Å². The van der Waals surface area contributed by atoms with Crippen LogP contribution in [0.25, 0.3) is 0 Å². The molecule has 5 N–H and O–H groups in total. The van der Waals surface area contributed by atoms with E-state index in [-0.39, 0.29) is 35.4 Å². The van der Waals surface area contributed by atoms with Gasteiger partial charge in [0.25, 0.3) is 11.6 Å². The second kappa shape index (κ2) is 6.18. The van der Waals surface area contributed by atoms with Crippen LogP contribution in [0.5, 0.6) is 0 Å². The van der Waals surface area contributed by atoms with Gasteiger partial charge in [-0.3, -0.25) is 25.5 Å². The van der Waals surface area contributed by atoms with Gasteiger partial charge in [0.1, 0.15) is 5.69 Å². The Morgan fingerprint density at radius 2 is 2.29 bits per heavy atom. The highest BCUT2D eigenvalue weighted by molar-refractivity contribution is 6.01. The van der Waals surface area contributed by atoms with Crippen LogP contribution in [-0.4, -0.2) is 29.3 Å². The van der Waals surface area contributed by atoms with Crippen LogP contribution in [0, 0.1) is 10.1 Å². The van der Waals surface area contributed by atoms with Crippen LogP contribution in [0.4, 0.5) is 11.4 Å². The minimum absolute atomic E-state index is 0.0459. The number of carbonyl (C=O) groups excluding carboxylic acids is 2. The zero-order valence-corrected chi connectivity index (χ0v) is 11.1. The van der Waals surface area contributed by atoms with E-state index in [2.05, 4.69) is 16.1 Å². The van der Waals surface area contributed by atoms with Gasteiger partial charge >= 0.3 is 0 Å². The Balaban J connectivity index is 2.10. The lowest BCUT2D eigenvalue weighted by molar-refractivity contribution is -0.384. The highest BCUT2D eigenvalue weighted by Crippen LogP contribution is 2.27. The standard InChI is InChI=1S/C12H15N5O4/c13-16-11-8(2-1-3-9(11)17(20)21)12(19)14-6-7-4-5-10(18)15-7/h1-3,7,16H,4-6,13H2,(H,14,19)(H,15,18). The molecule has 1 fully saturated rings. The zero-order chi connectivity index (χ0) is 15.4. The number of nitrogens with one attached hydrogen (secondary N) is 3. The number of nitro benzene ring substituents is 1. The van der Waals surface area contributed by atoms with Crippen molar-refractivity contribution in [2.75, 3.05) is 12.0 Å². The Labute approximate surface area is 120 Å². The molecule has 1 unspecified atom stereocenters. The Kier molecular flexibility index (Phi) is 4.33. The second-order valence-electron chi connectivity index (χ2n) is 4.61. The Morgan fingerprint density at radius 3 is 2.86 bits per heavy atom. The molecule has 1 atom stereocenters. The number of nitrogens with zero attached hydrogens (tertiary/aromatic N) is 1. The number of hydrogen-bond donors (Lipinski definition) is 4. The number of amides is 2. The molecule has 1 saturated heterocycles. The highest BCUT2D eigenvalue weighted by Gasteiger charge is 2.24. The predicted octanol–water partition coefficient (Wildman–Crippen LogP) is -0.111. The van der Waals surface area contributed by atoms with Gasteiger partial charge in [-0.05, 0) is 12.5 Å². The molecule has 1 aromatic rings. The van der Waals surface area contributed by atoms with Gasteiger partial charge in [0.05, 0.1) is 10.5 Å². The third kappa shape index (κ3) is 3.26. The summed E-state index contributed by atoms with van der Waals surface area (Å²) in [6.45, 7) is 0.261. The van der Waals surface area contributed by atoms with E-state index in [4.69, 9.17) is 5.84 Å². The van der Waals surface area contributed by atoms with Crippen LogP contribution in [0.15, 0.2) is 18.2 Å². The summed E-state index contributed by atoms with van der Waals surface area (Å²) in [5.74, 6) is 4.73. The number of carbonyl (C=O) groups is 2. The van der Waals surface area contributed by atoms with Crippen LogP contribution in [0.2, 0.25) is 0 Å². The van der Waals surface area contributed by atoms with Crippen LogP contribution < -0.4 is 21.9 Å². The van der Waals surface area contributed by atoms with Crippen LogP contribution >= 0.6 is 0 Å². The van der Waals surface area contributed by atoms with Crippen molar-refractivity contribution in [2.45, 2.75) is 18.9 Å². The first-order valence-electron chi connectivity index (χ1n) is 6.34. The maximum Gasteiger partial charge on any atom is 0.294 e. The number of rotatable bonds is 5. The summed E-state index contributed by atoms with van der Waals surface area (Å²) in [7, 11) is 0. The first kappa shape index (κ1) is 14.7. The third-order valence-corrected chi connectivity index (χ3v) is 3.22. The maximum atomic E-state index is 12.1. The number of para-hydroxylation sites is 1. The molecule has 0 saturated carbocycles. The first-order valence-corrected chi connectivity index (χ1v) is 6.34. The first-order chi connectivity index (χ1) is 10.0. The van der Waals surface area contributed by atoms with E-state index in [9.17, 15) is 19.7 Å². The normalized spacial score (nSPS) is 17.2. The van der Waals surface area contributed by atoms with Crippen molar-refractivity contribution in [3.63, 3.8) is 0 Å². The van der Waals surface area contributed by atoms with Gasteiger partial charge in [0.15, 0.2) is 0 Å². The van der Waals surface area contributed by atoms with Gasteiger partial charge in [-0.2, -0.15) is 0 Å². The van der Waals surface area contributed by atoms with Crippen LogP contribution in [0.3, 0.4) is 0 Å². The van der Waals surface area contributed by atoms with Crippen molar-refractivity contribution in [1.82, 2.24) is 10.6 Å². The molecule has 0 radical (unpaired) electrons. The Hall–Kier alpha value is -2.68. The van der Waals surface area contributed by atoms with Crippen LogP contribution in [-0.2, 0) is 4.79 Å². The zero-order valence-electron chi connectivity index (χ0n) is 11.1.